The monoisotopic (exact) mass is 275 g/mol. The Labute approximate surface area is 120 Å². The highest BCUT2D eigenvalue weighted by atomic mass is 16.3. The molecule has 0 aliphatic rings. The molecule has 1 aromatic carbocycles. The number of hydrogen-bond acceptors (Lipinski definition) is 3. The topological polar surface area (TPSA) is 50.1 Å². The van der Waals surface area contributed by atoms with E-state index < -0.39 is 0 Å². The molecule has 0 amide bonds. The minimum absolute atomic E-state index is 0.151. The molecule has 2 rings (SSSR count). The van der Waals surface area contributed by atoms with E-state index in [2.05, 4.69) is 34.8 Å². The van der Waals surface area contributed by atoms with E-state index in [4.69, 9.17) is 0 Å². The molecule has 1 heterocycles. The molecule has 20 heavy (non-hydrogen) atoms. The van der Waals surface area contributed by atoms with Gasteiger partial charge in [-0.05, 0) is 45.4 Å². The average Bonchev–Trinajstić information content (AvgIpc) is 2.78. The summed E-state index contributed by atoms with van der Waals surface area (Å²) in [6.07, 6.45) is 1.95. The van der Waals surface area contributed by atoms with E-state index in [9.17, 15) is 5.11 Å². The molecule has 4 heteroatoms. The Balaban J connectivity index is 2.14. The van der Waals surface area contributed by atoms with Gasteiger partial charge in [0.2, 0.25) is 0 Å². The fourth-order valence-corrected chi connectivity index (χ4v) is 2.49. The van der Waals surface area contributed by atoms with E-state index in [0.717, 1.165) is 37.3 Å². The molecule has 1 atom stereocenters. The Morgan fingerprint density at radius 2 is 2.10 bits per heavy atom. The minimum atomic E-state index is -0.228. The molecule has 0 aliphatic carbocycles. The normalized spacial score (nSPS) is 14.6. The number of aliphatic hydroxyl groups excluding tert-OH is 1. The summed E-state index contributed by atoms with van der Waals surface area (Å²) in [4.78, 5) is 4.58. The highest BCUT2D eigenvalue weighted by molar-refractivity contribution is 5.75. The molecule has 0 spiro atoms. The van der Waals surface area contributed by atoms with Gasteiger partial charge in [-0.25, -0.2) is 4.98 Å². The molecule has 0 bridgehead atoms. The van der Waals surface area contributed by atoms with Crippen LogP contribution in [0.15, 0.2) is 24.3 Å². The van der Waals surface area contributed by atoms with Gasteiger partial charge in [0.15, 0.2) is 0 Å². The van der Waals surface area contributed by atoms with Crippen LogP contribution in [0, 0.1) is 6.92 Å². The Morgan fingerprint density at radius 1 is 1.35 bits per heavy atom. The average molecular weight is 275 g/mol. The number of aromatic nitrogens is 2. The third-order valence-electron chi connectivity index (χ3n) is 3.88. The molecule has 0 radical (unpaired) electrons. The first-order chi connectivity index (χ1) is 9.59. The molecule has 110 valence electrons. The van der Waals surface area contributed by atoms with Gasteiger partial charge in [0.05, 0.1) is 17.6 Å². The van der Waals surface area contributed by atoms with E-state index in [0.29, 0.717) is 0 Å². The van der Waals surface area contributed by atoms with Gasteiger partial charge in [-0.1, -0.05) is 19.1 Å². The van der Waals surface area contributed by atoms with E-state index in [1.807, 2.05) is 25.1 Å². The van der Waals surface area contributed by atoms with Crippen molar-refractivity contribution in [1.29, 1.82) is 0 Å². The van der Waals surface area contributed by atoms with Gasteiger partial charge < -0.3 is 15.0 Å². The quantitative estimate of drug-likeness (QED) is 0.816. The smallest absolute Gasteiger partial charge is 0.106 e. The third kappa shape index (κ3) is 3.19. The highest BCUT2D eigenvalue weighted by Crippen LogP contribution is 2.18. The maximum absolute atomic E-state index is 9.64. The number of hydrogen-bond donors (Lipinski definition) is 2. The molecule has 0 aliphatic heterocycles. The lowest BCUT2D eigenvalue weighted by Crippen LogP contribution is -2.46. The zero-order valence-electron chi connectivity index (χ0n) is 12.7. The molecule has 0 fully saturated rings. The van der Waals surface area contributed by atoms with Crippen LogP contribution < -0.4 is 5.32 Å². The number of benzene rings is 1. The van der Waals surface area contributed by atoms with Gasteiger partial charge in [-0.3, -0.25) is 0 Å². The standard InChI is InChI=1S/C16H25N3O/c1-4-10-17-16(3,12-20)9-11-19-13(2)18-14-7-5-6-8-15(14)19/h5-8,17,20H,4,9-12H2,1-3H3. The van der Waals surface area contributed by atoms with Gasteiger partial charge in [0.1, 0.15) is 5.82 Å². The van der Waals surface area contributed by atoms with Crippen LogP contribution >= 0.6 is 0 Å². The maximum Gasteiger partial charge on any atom is 0.106 e. The van der Waals surface area contributed by atoms with Crippen molar-refractivity contribution in [2.75, 3.05) is 13.2 Å². The van der Waals surface area contributed by atoms with Crippen LogP contribution in [0.5, 0.6) is 0 Å². The first-order valence-electron chi connectivity index (χ1n) is 7.37. The molecule has 2 N–H and O–H groups in total. The van der Waals surface area contributed by atoms with Crippen molar-refractivity contribution in [3.05, 3.63) is 30.1 Å². The van der Waals surface area contributed by atoms with Gasteiger partial charge in [0, 0.05) is 12.1 Å². The van der Waals surface area contributed by atoms with E-state index in [-0.39, 0.29) is 12.1 Å². The number of imidazole rings is 1. The van der Waals surface area contributed by atoms with Crippen molar-refractivity contribution >= 4 is 11.0 Å². The summed E-state index contributed by atoms with van der Waals surface area (Å²) >= 11 is 0. The molecule has 4 nitrogen and oxygen atoms in total. The molecular weight excluding hydrogens is 250 g/mol. The summed E-state index contributed by atoms with van der Waals surface area (Å²) in [5.74, 6) is 1.03. The van der Waals surface area contributed by atoms with Crippen molar-refractivity contribution in [2.45, 2.75) is 45.7 Å². The van der Waals surface area contributed by atoms with Gasteiger partial charge >= 0.3 is 0 Å². The number of rotatable bonds is 7. The summed E-state index contributed by atoms with van der Waals surface area (Å²) in [6.45, 7) is 8.20. The van der Waals surface area contributed by atoms with Crippen LogP contribution in [0.3, 0.4) is 0 Å². The van der Waals surface area contributed by atoms with E-state index in [1.165, 1.54) is 5.52 Å². The van der Waals surface area contributed by atoms with Crippen LogP contribution in [-0.4, -0.2) is 33.3 Å². The van der Waals surface area contributed by atoms with Crippen molar-refractivity contribution in [3.8, 4) is 0 Å². The summed E-state index contributed by atoms with van der Waals surface area (Å²) < 4.78 is 2.23. The van der Waals surface area contributed by atoms with Crippen molar-refractivity contribution < 1.29 is 5.11 Å². The van der Waals surface area contributed by atoms with Gasteiger partial charge in [0.25, 0.3) is 0 Å². The predicted octanol–water partition coefficient (Wildman–Crippen LogP) is 2.49. The third-order valence-corrected chi connectivity index (χ3v) is 3.88. The van der Waals surface area contributed by atoms with Crippen LogP contribution in [-0.2, 0) is 6.54 Å². The second-order valence-electron chi connectivity index (χ2n) is 5.69. The number of fused-ring (bicyclic) bond motifs is 1. The second kappa shape index (κ2) is 6.37. The van der Waals surface area contributed by atoms with Crippen molar-refractivity contribution in [1.82, 2.24) is 14.9 Å². The minimum Gasteiger partial charge on any atom is -0.394 e. The van der Waals surface area contributed by atoms with Crippen molar-refractivity contribution in [2.24, 2.45) is 0 Å². The van der Waals surface area contributed by atoms with Crippen LogP contribution in [0.4, 0.5) is 0 Å². The summed E-state index contributed by atoms with van der Waals surface area (Å²) in [5, 5.41) is 13.1. The molecule has 0 saturated carbocycles. The van der Waals surface area contributed by atoms with Gasteiger partial charge in [-0.2, -0.15) is 0 Å². The summed E-state index contributed by atoms with van der Waals surface area (Å²) in [6, 6.07) is 8.20. The fraction of sp³-hybridized carbons (Fsp3) is 0.562. The highest BCUT2D eigenvalue weighted by Gasteiger charge is 2.22. The zero-order chi connectivity index (χ0) is 14.6. The number of nitrogens with zero attached hydrogens (tertiary/aromatic N) is 2. The molecule has 2 aromatic rings. The summed E-state index contributed by atoms with van der Waals surface area (Å²) in [7, 11) is 0. The molecule has 1 unspecified atom stereocenters. The molecular formula is C16H25N3O. The molecule has 0 saturated heterocycles. The first-order valence-corrected chi connectivity index (χ1v) is 7.37. The largest absolute Gasteiger partial charge is 0.394 e. The van der Waals surface area contributed by atoms with Gasteiger partial charge in [-0.15, -0.1) is 0 Å². The Bertz CT molecular complexity index is 564. The van der Waals surface area contributed by atoms with Crippen LogP contribution in [0.25, 0.3) is 11.0 Å². The Hall–Kier alpha value is -1.39. The lowest BCUT2D eigenvalue weighted by molar-refractivity contribution is 0.161. The fourth-order valence-electron chi connectivity index (χ4n) is 2.49. The number of aryl methyl sites for hydroxylation is 2. The van der Waals surface area contributed by atoms with Crippen molar-refractivity contribution in [3.63, 3.8) is 0 Å². The molecule has 1 aromatic heterocycles. The predicted molar refractivity (Wildman–Crippen MR) is 82.9 cm³/mol. The zero-order valence-corrected chi connectivity index (χ0v) is 12.7. The van der Waals surface area contributed by atoms with Crippen LogP contribution in [0.1, 0.15) is 32.5 Å². The van der Waals surface area contributed by atoms with E-state index in [1.54, 1.807) is 0 Å². The lowest BCUT2D eigenvalue weighted by atomic mass is 9.98. The number of aliphatic hydroxyl groups is 1. The Morgan fingerprint density at radius 3 is 2.80 bits per heavy atom. The van der Waals surface area contributed by atoms with Crippen LogP contribution in [0.2, 0.25) is 0 Å². The SMILES string of the molecule is CCCNC(C)(CO)CCn1c(C)nc2ccccc21. The second-order valence-corrected chi connectivity index (χ2v) is 5.69. The maximum atomic E-state index is 9.64. The lowest BCUT2D eigenvalue weighted by Gasteiger charge is -2.29. The Kier molecular flexibility index (Phi) is 4.78. The first kappa shape index (κ1) is 15.0. The number of para-hydroxylation sites is 2. The summed E-state index contributed by atoms with van der Waals surface area (Å²) in [5.41, 5.74) is 1.98. The number of nitrogens with one attached hydrogen (secondary N) is 1. The van der Waals surface area contributed by atoms with E-state index >= 15 is 0 Å².